The lowest BCUT2D eigenvalue weighted by molar-refractivity contribution is 1.08. The molecule has 2 aromatic carbocycles. The fraction of sp³-hybridized carbons (Fsp3) is 0. The standard InChI is InChI=1S/C15H10Cl3N5/c16-8-2-1-3-10(6-8)20-15-22-13(21-14(19)23-15)11-7-9(17)4-5-12(11)18/h1-7H,(H3,19,20,21,22,23). The zero-order chi connectivity index (χ0) is 16.4. The van der Waals surface area contributed by atoms with E-state index >= 15 is 0 Å². The minimum Gasteiger partial charge on any atom is -0.368 e. The predicted molar refractivity (Wildman–Crippen MR) is 94.4 cm³/mol. The van der Waals surface area contributed by atoms with Crippen LogP contribution >= 0.6 is 34.8 Å². The Hall–Kier alpha value is -2.08. The quantitative estimate of drug-likeness (QED) is 0.694. The summed E-state index contributed by atoms with van der Waals surface area (Å²) in [7, 11) is 0. The molecule has 0 bridgehead atoms. The zero-order valence-corrected chi connectivity index (χ0v) is 13.9. The Morgan fingerprint density at radius 3 is 2.43 bits per heavy atom. The Morgan fingerprint density at radius 2 is 1.65 bits per heavy atom. The second kappa shape index (κ2) is 6.58. The summed E-state index contributed by atoms with van der Waals surface area (Å²) in [4.78, 5) is 12.5. The summed E-state index contributed by atoms with van der Waals surface area (Å²) in [5, 5.41) is 4.61. The highest BCUT2D eigenvalue weighted by Crippen LogP contribution is 2.29. The Balaban J connectivity index is 2.01. The van der Waals surface area contributed by atoms with Gasteiger partial charge in [0.2, 0.25) is 11.9 Å². The van der Waals surface area contributed by atoms with Crippen molar-refractivity contribution in [3.8, 4) is 11.4 Å². The number of hydrogen-bond acceptors (Lipinski definition) is 5. The first-order valence-corrected chi connectivity index (χ1v) is 7.64. The molecule has 0 aliphatic rings. The Labute approximate surface area is 147 Å². The van der Waals surface area contributed by atoms with Crippen LogP contribution < -0.4 is 11.1 Å². The van der Waals surface area contributed by atoms with Crippen LogP contribution in [0.3, 0.4) is 0 Å². The maximum Gasteiger partial charge on any atom is 0.232 e. The van der Waals surface area contributed by atoms with E-state index in [-0.39, 0.29) is 11.9 Å². The third kappa shape index (κ3) is 3.82. The number of aromatic nitrogens is 3. The van der Waals surface area contributed by atoms with E-state index in [4.69, 9.17) is 40.5 Å². The molecule has 1 heterocycles. The molecule has 0 unspecified atom stereocenters. The van der Waals surface area contributed by atoms with Crippen LogP contribution in [0.4, 0.5) is 17.6 Å². The maximum atomic E-state index is 6.18. The van der Waals surface area contributed by atoms with E-state index in [0.29, 0.717) is 26.5 Å². The summed E-state index contributed by atoms with van der Waals surface area (Å²) in [6.07, 6.45) is 0. The van der Waals surface area contributed by atoms with Gasteiger partial charge in [0.1, 0.15) is 0 Å². The van der Waals surface area contributed by atoms with Gasteiger partial charge in [0, 0.05) is 21.3 Å². The van der Waals surface area contributed by atoms with Crippen LogP contribution in [-0.4, -0.2) is 15.0 Å². The predicted octanol–water partition coefficient (Wildman–Crippen LogP) is 4.82. The smallest absolute Gasteiger partial charge is 0.232 e. The summed E-state index contributed by atoms with van der Waals surface area (Å²) in [6, 6.07) is 12.2. The van der Waals surface area contributed by atoms with Gasteiger partial charge in [0.15, 0.2) is 5.82 Å². The molecule has 0 saturated heterocycles. The SMILES string of the molecule is Nc1nc(Nc2cccc(Cl)c2)nc(-c2cc(Cl)ccc2Cl)n1. The molecule has 3 rings (SSSR count). The van der Waals surface area contributed by atoms with Crippen LogP contribution in [0, 0.1) is 0 Å². The van der Waals surface area contributed by atoms with E-state index in [9.17, 15) is 0 Å². The van der Waals surface area contributed by atoms with Gasteiger partial charge in [-0.05, 0) is 36.4 Å². The van der Waals surface area contributed by atoms with E-state index in [2.05, 4.69) is 20.3 Å². The molecule has 0 atom stereocenters. The van der Waals surface area contributed by atoms with Crippen molar-refractivity contribution >= 4 is 52.4 Å². The minimum absolute atomic E-state index is 0.0653. The van der Waals surface area contributed by atoms with Crippen molar-refractivity contribution in [2.24, 2.45) is 0 Å². The molecule has 116 valence electrons. The second-order valence-electron chi connectivity index (χ2n) is 4.60. The van der Waals surface area contributed by atoms with Crippen LogP contribution in [-0.2, 0) is 0 Å². The molecule has 0 amide bonds. The topological polar surface area (TPSA) is 76.7 Å². The highest BCUT2D eigenvalue weighted by molar-refractivity contribution is 6.35. The molecular weight excluding hydrogens is 357 g/mol. The van der Waals surface area contributed by atoms with Crippen LogP contribution in [0.2, 0.25) is 15.1 Å². The molecule has 0 aliphatic heterocycles. The average Bonchev–Trinajstić information content (AvgIpc) is 2.49. The van der Waals surface area contributed by atoms with Gasteiger partial charge < -0.3 is 11.1 Å². The molecule has 8 heteroatoms. The van der Waals surface area contributed by atoms with Gasteiger partial charge >= 0.3 is 0 Å². The lowest BCUT2D eigenvalue weighted by Gasteiger charge is -2.09. The largest absolute Gasteiger partial charge is 0.368 e. The van der Waals surface area contributed by atoms with Crippen molar-refractivity contribution in [3.05, 3.63) is 57.5 Å². The molecule has 0 saturated carbocycles. The normalized spacial score (nSPS) is 10.6. The summed E-state index contributed by atoms with van der Waals surface area (Å²) >= 11 is 18.1. The summed E-state index contributed by atoms with van der Waals surface area (Å²) in [6.45, 7) is 0. The molecule has 0 radical (unpaired) electrons. The molecule has 0 fully saturated rings. The fourth-order valence-electron chi connectivity index (χ4n) is 1.93. The van der Waals surface area contributed by atoms with Gasteiger partial charge in [0.25, 0.3) is 0 Å². The molecule has 3 N–H and O–H groups in total. The first-order valence-electron chi connectivity index (χ1n) is 6.51. The van der Waals surface area contributed by atoms with Gasteiger partial charge in [-0.2, -0.15) is 15.0 Å². The van der Waals surface area contributed by atoms with E-state index in [1.54, 1.807) is 30.3 Å². The van der Waals surface area contributed by atoms with Crippen molar-refractivity contribution in [1.29, 1.82) is 0 Å². The van der Waals surface area contributed by atoms with E-state index < -0.39 is 0 Å². The second-order valence-corrected chi connectivity index (χ2v) is 5.88. The minimum atomic E-state index is 0.0653. The number of hydrogen-bond donors (Lipinski definition) is 2. The number of halogens is 3. The van der Waals surface area contributed by atoms with Crippen LogP contribution in [0.5, 0.6) is 0 Å². The van der Waals surface area contributed by atoms with Crippen molar-refractivity contribution in [2.75, 3.05) is 11.1 Å². The van der Waals surface area contributed by atoms with Gasteiger partial charge in [0.05, 0.1) is 5.02 Å². The van der Waals surface area contributed by atoms with E-state index in [1.165, 1.54) is 0 Å². The van der Waals surface area contributed by atoms with Crippen molar-refractivity contribution in [3.63, 3.8) is 0 Å². The van der Waals surface area contributed by atoms with Crippen molar-refractivity contribution in [2.45, 2.75) is 0 Å². The number of nitrogens with one attached hydrogen (secondary N) is 1. The number of nitrogens with zero attached hydrogens (tertiary/aromatic N) is 3. The fourth-order valence-corrected chi connectivity index (χ4v) is 2.50. The van der Waals surface area contributed by atoms with Gasteiger partial charge in [-0.15, -0.1) is 0 Å². The Bertz CT molecular complexity index is 869. The van der Waals surface area contributed by atoms with E-state index in [1.807, 2.05) is 12.1 Å². The zero-order valence-electron chi connectivity index (χ0n) is 11.6. The van der Waals surface area contributed by atoms with Gasteiger partial charge in [-0.1, -0.05) is 40.9 Å². The molecule has 3 aromatic rings. The third-order valence-electron chi connectivity index (χ3n) is 2.90. The van der Waals surface area contributed by atoms with Crippen molar-refractivity contribution < 1.29 is 0 Å². The highest BCUT2D eigenvalue weighted by Gasteiger charge is 2.11. The summed E-state index contributed by atoms with van der Waals surface area (Å²) < 4.78 is 0. The van der Waals surface area contributed by atoms with Crippen LogP contribution in [0.1, 0.15) is 0 Å². The molecule has 1 aromatic heterocycles. The van der Waals surface area contributed by atoms with Crippen LogP contribution in [0.25, 0.3) is 11.4 Å². The van der Waals surface area contributed by atoms with Gasteiger partial charge in [-0.3, -0.25) is 0 Å². The first kappa shape index (κ1) is 15.8. The lowest BCUT2D eigenvalue weighted by atomic mass is 10.2. The third-order valence-corrected chi connectivity index (χ3v) is 3.70. The molecule has 23 heavy (non-hydrogen) atoms. The van der Waals surface area contributed by atoms with E-state index in [0.717, 1.165) is 5.69 Å². The first-order chi connectivity index (χ1) is 11.0. The number of nitrogens with two attached hydrogens (primary N) is 1. The molecule has 0 spiro atoms. The van der Waals surface area contributed by atoms with Crippen molar-refractivity contribution in [1.82, 2.24) is 15.0 Å². The average molecular weight is 367 g/mol. The summed E-state index contributed by atoms with van der Waals surface area (Å²) in [5.41, 5.74) is 7.06. The number of anilines is 3. The molecule has 5 nitrogen and oxygen atoms in total. The highest BCUT2D eigenvalue weighted by atomic mass is 35.5. The number of benzene rings is 2. The monoisotopic (exact) mass is 365 g/mol. The molecular formula is C15H10Cl3N5. The Morgan fingerprint density at radius 1 is 0.870 bits per heavy atom. The molecule has 0 aliphatic carbocycles. The lowest BCUT2D eigenvalue weighted by Crippen LogP contribution is -2.05. The Kier molecular flexibility index (Phi) is 4.52. The number of nitrogen functional groups attached to an aromatic ring is 1. The summed E-state index contributed by atoms with van der Waals surface area (Å²) in [5.74, 6) is 0.677. The van der Waals surface area contributed by atoms with Crippen LogP contribution in [0.15, 0.2) is 42.5 Å². The van der Waals surface area contributed by atoms with Gasteiger partial charge in [-0.25, -0.2) is 0 Å². The maximum absolute atomic E-state index is 6.18. The number of rotatable bonds is 3.